The SMILES string of the molecule is CCC(B1OC(C)(C)C(C)(C)O1)C1=CCCC1. The molecule has 1 saturated heterocycles. The predicted molar refractivity (Wildman–Crippen MR) is 72.1 cm³/mol. The highest BCUT2D eigenvalue weighted by Gasteiger charge is 2.53. The van der Waals surface area contributed by atoms with Gasteiger partial charge in [0.05, 0.1) is 11.2 Å². The molecular formula is C14H25BO2. The molecule has 2 nitrogen and oxygen atoms in total. The Morgan fingerprint density at radius 3 is 2.24 bits per heavy atom. The van der Waals surface area contributed by atoms with E-state index in [1.165, 1.54) is 19.3 Å². The molecule has 3 heteroatoms. The second kappa shape index (κ2) is 4.44. The summed E-state index contributed by atoms with van der Waals surface area (Å²) in [4.78, 5) is 0. The zero-order chi connectivity index (χ0) is 12.7. The zero-order valence-corrected chi connectivity index (χ0v) is 11.9. The van der Waals surface area contributed by atoms with Gasteiger partial charge in [-0.2, -0.15) is 0 Å². The maximum atomic E-state index is 6.17. The standard InChI is InChI=1S/C14H25BO2/c1-6-12(11-9-7-8-10-11)15-16-13(2,3)14(4,5)17-15/h9,12H,6-8,10H2,1-5H3. The maximum absolute atomic E-state index is 6.17. The van der Waals surface area contributed by atoms with Crippen LogP contribution in [0.4, 0.5) is 0 Å². The van der Waals surface area contributed by atoms with Crippen LogP contribution in [-0.4, -0.2) is 18.3 Å². The molecule has 96 valence electrons. The van der Waals surface area contributed by atoms with Gasteiger partial charge in [0.15, 0.2) is 0 Å². The van der Waals surface area contributed by atoms with Crippen molar-refractivity contribution < 1.29 is 9.31 Å². The molecular weight excluding hydrogens is 211 g/mol. The van der Waals surface area contributed by atoms with E-state index >= 15 is 0 Å². The largest absolute Gasteiger partial charge is 0.465 e. The van der Waals surface area contributed by atoms with Crippen LogP contribution in [0.25, 0.3) is 0 Å². The first-order valence-corrected chi connectivity index (χ1v) is 6.92. The molecule has 2 aliphatic rings. The van der Waals surface area contributed by atoms with Crippen LogP contribution in [0.3, 0.4) is 0 Å². The van der Waals surface area contributed by atoms with Crippen LogP contribution in [0.1, 0.15) is 60.3 Å². The van der Waals surface area contributed by atoms with Crippen molar-refractivity contribution in [3.63, 3.8) is 0 Å². The Balaban J connectivity index is 2.13. The lowest BCUT2D eigenvalue weighted by Crippen LogP contribution is -2.41. The van der Waals surface area contributed by atoms with Gasteiger partial charge in [0.1, 0.15) is 0 Å². The van der Waals surface area contributed by atoms with Gasteiger partial charge in [-0.1, -0.05) is 25.0 Å². The predicted octanol–water partition coefficient (Wildman–Crippen LogP) is 3.97. The van der Waals surface area contributed by atoms with Gasteiger partial charge >= 0.3 is 7.12 Å². The first-order valence-electron chi connectivity index (χ1n) is 6.92. The van der Waals surface area contributed by atoms with Gasteiger partial charge in [-0.3, -0.25) is 0 Å². The zero-order valence-electron chi connectivity index (χ0n) is 11.9. The van der Waals surface area contributed by atoms with Crippen LogP contribution in [0.2, 0.25) is 5.82 Å². The fourth-order valence-corrected chi connectivity index (χ4v) is 2.71. The highest BCUT2D eigenvalue weighted by molar-refractivity contribution is 6.48. The van der Waals surface area contributed by atoms with Crippen molar-refractivity contribution in [2.75, 3.05) is 0 Å². The molecule has 1 heterocycles. The lowest BCUT2D eigenvalue weighted by molar-refractivity contribution is 0.00578. The molecule has 2 rings (SSSR count). The topological polar surface area (TPSA) is 18.5 Å². The molecule has 0 spiro atoms. The van der Waals surface area contributed by atoms with Gasteiger partial charge in [-0.05, 0) is 47.0 Å². The number of hydrogen-bond donors (Lipinski definition) is 0. The molecule has 1 fully saturated rings. The van der Waals surface area contributed by atoms with E-state index in [2.05, 4.69) is 40.7 Å². The van der Waals surface area contributed by atoms with E-state index in [1.54, 1.807) is 5.57 Å². The quantitative estimate of drug-likeness (QED) is 0.545. The third-order valence-corrected chi connectivity index (χ3v) is 4.59. The van der Waals surface area contributed by atoms with E-state index in [0.29, 0.717) is 5.82 Å². The summed E-state index contributed by atoms with van der Waals surface area (Å²) in [5, 5.41) is 0. The van der Waals surface area contributed by atoms with Crippen molar-refractivity contribution in [2.24, 2.45) is 0 Å². The molecule has 0 aromatic rings. The summed E-state index contributed by atoms with van der Waals surface area (Å²) >= 11 is 0. The summed E-state index contributed by atoms with van der Waals surface area (Å²) in [7, 11) is -0.0608. The van der Waals surface area contributed by atoms with Crippen molar-refractivity contribution in [3.05, 3.63) is 11.6 Å². The van der Waals surface area contributed by atoms with Gasteiger partial charge in [0.2, 0.25) is 0 Å². The third kappa shape index (κ3) is 2.32. The highest BCUT2D eigenvalue weighted by Crippen LogP contribution is 2.44. The Kier molecular flexibility index (Phi) is 3.43. The Morgan fingerprint density at radius 2 is 1.82 bits per heavy atom. The molecule has 0 amide bonds. The van der Waals surface area contributed by atoms with E-state index in [1.807, 2.05) is 0 Å². The minimum atomic E-state index is -0.204. The molecule has 1 aliphatic heterocycles. The average Bonchev–Trinajstić information content (AvgIpc) is 2.76. The van der Waals surface area contributed by atoms with Crippen molar-refractivity contribution in [2.45, 2.75) is 77.3 Å². The highest BCUT2D eigenvalue weighted by atomic mass is 16.7. The summed E-state index contributed by atoms with van der Waals surface area (Å²) < 4.78 is 12.3. The van der Waals surface area contributed by atoms with E-state index in [0.717, 1.165) is 6.42 Å². The van der Waals surface area contributed by atoms with E-state index in [-0.39, 0.29) is 18.3 Å². The van der Waals surface area contributed by atoms with Crippen LogP contribution >= 0.6 is 0 Å². The molecule has 1 aliphatic carbocycles. The molecule has 0 N–H and O–H groups in total. The first kappa shape index (κ1) is 13.2. The number of rotatable bonds is 3. The van der Waals surface area contributed by atoms with E-state index in [9.17, 15) is 0 Å². The Hall–Kier alpha value is -0.275. The molecule has 1 unspecified atom stereocenters. The fraction of sp³-hybridized carbons (Fsp3) is 0.857. The maximum Gasteiger partial charge on any atom is 0.465 e. The lowest BCUT2D eigenvalue weighted by Gasteiger charge is -2.32. The Morgan fingerprint density at radius 1 is 1.24 bits per heavy atom. The summed E-state index contributed by atoms with van der Waals surface area (Å²) in [6.45, 7) is 10.7. The van der Waals surface area contributed by atoms with Crippen LogP contribution in [0.15, 0.2) is 11.6 Å². The second-order valence-corrected chi connectivity index (χ2v) is 6.31. The molecule has 0 aromatic carbocycles. The minimum absolute atomic E-state index is 0.0608. The smallest absolute Gasteiger partial charge is 0.403 e. The van der Waals surface area contributed by atoms with Gasteiger partial charge in [-0.25, -0.2) is 0 Å². The number of allylic oxidation sites excluding steroid dienone is 2. The van der Waals surface area contributed by atoms with Gasteiger partial charge in [0.25, 0.3) is 0 Å². The molecule has 0 saturated carbocycles. The molecule has 1 atom stereocenters. The molecule has 17 heavy (non-hydrogen) atoms. The third-order valence-electron chi connectivity index (χ3n) is 4.59. The van der Waals surface area contributed by atoms with E-state index < -0.39 is 0 Å². The Labute approximate surface area is 106 Å². The number of hydrogen-bond acceptors (Lipinski definition) is 2. The van der Waals surface area contributed by atoms with Crippen molar-refractivity contribution in [3.8, 4) is 0 Å². The van der Waals surface area contributed by atoms with Gasteiger partial charge in [0, 0.05) is 5.82 Å². The molecule has 0 aromatic heterocycles. The minimum Gasteiger partial charge on any atom is -0.403 e. The monoisotopic (exact) mass is 236 g/mol. The first-order chi connectivity index (χ1) is 7.87. The van der Waals surface area contributed by atoms with Crippen LogP contribution in [0, 0.1) is 0 Å². The summed E-state index contributed by atoms with van der Waals surface area (Å²) in [6, 6.07) is 0. The van der Waals surface area contributed by atoms with Crippen LogP contribution in [0.5, 0.6) is 0 Å². The van der Waals surface area contributed by atoms with Crippen molar-refractivity contribution >= 4 is 7.12 Å². The van der Waals surface area contributed by atoms with Crippen LogP contribution in [-0.2, 0) is 9.31 Å². The fourth-order valence-electron chi connectivity index (χ4n) is 2.71. The summed E-state index contributed by atoms with van der Waals surface area (Å²) in [5.41, 5.74) is 1.14. The normalized spacial score (nSPS) is 28.3. The lowest BCUT2D eigenvalue weighted by atomic mass is 9.66. The van der Waals surface area contributed by atoms with E-state index in [4.69, 9.17) is 9.31 Å². The second-order valence-electron chi connectivity index (χ2n) is 6.31. The van der Waals surface area contributed by atoms with Crippen molar-refractivity contribution in [1.29, 1.82) is 0 Å². The summed E-state index contributed by atoms with van der Waals surface area (Å²) in [5.74, 6) is 0.443. The Bertz CT molecular complexity index is 304. The van der Waals surface area contributed by atoms with Crippen LogP contribution < -0.4 is 0 Å². The van der Waals surface area contributed by atoms with Crippen molar-refractivity contribution in [1.82, 2.24) is 0 Å². The molecule has 0 radical (unpaired) electrons. The molecule has 0 bridgehead atoms. The van der Waals surface area contributed by atoms with Gasteiger partial charge in [-0.15, -0.1) is 0 Å². The average molecular weight is 236 g/mol. The van der Waals surface area contributed by atoms with Gasteiger partial charge < -0.3 is 9.31 Å². The summed E-state index contributed by atoms with van der Waals surface area (Å²) in [6.07, 6.45) is 7.24.